The second kappa shape index (κ2) is 6.13. The lowest BCUT2D eigenvalue weighted by molar-refractivity contribution is 0.0608. The van der Waals surface area contributed by atoms with Crippen molar-refractivity contribution in [3.8, 4) is 0 Å². The van der Waals surface area contributed by atoms with Crippen LogP contribution in [-0.4, -0.2) is 37.9 Å². The highest BCUT2D eigenvalue weighted by molar-refractivity contribution is 5.97. The van der Waals surface area contributed by atoms with Gasteiger partial charge < -0.3 is 4.90 Å². The van der Waals surface area contributed by atoms with Gasteiger partial charge in [0.2, 0.25) is 0 Å². The van der Waals surface area contributed by atoms with E-state index in [1.54, 1.807) is 10.6 Å². The fraction of sp³-hybridized carbons (Fsp3) is 0.556. The molecule has 7 heteroatoms. The highest BCUT2D eigenvalue weighted by atomic mass is 16.2. The molecule has 1 aliphatic carbocycles. The van der Waals surface area contributed by atoms with E-state index in [1.165, 1.54) is 6.20 Å². The summed E-state index contributed by atoms with van der Waals surface area (Å²) < 4.78 is 1.54. The van der Waals surface area contributed by atoms with Gasteiger partial charge in [-0.25, -0.2) is 9.78 Å². The number of nitrogens with one attached hydrogen (secondary N) is 1. The van der Waals surface area contributed by atoms with Crippen molar-refractivity contribution >= 4 is 16.9 Å². The Hall–Kier alpha value is -2.44. The Kier molecular flexibility index (Phi) is 3.94. The Morgan fingerprint density at radius 2 is 2.08 bits per heavy atom. The number of hydrogen-bond donors (Lipinski definition) is 1. The Balaban J connectivity index is 1.77. The maximum Gasteiger partial charge on any atom is 0.330 e. The van der Waals surface area contributed by atoms with Crippen LogP contribution >= 0.6 is 0 Å². The van der Waals surface area contributed by atoms with Crippen LogP contribution in [0.5, 0.6) is 0 Å². The first-order valence-corrected chi connectivity index (χ1v) is 9.05. The number of aromatic nitrogens is 3. The summed E-state index contributed by atoms with van der Waals surface area (Å²) in [5.74, 6) is -0.0791. The average Bonchev–Trinajstić information content (AvgIpc) is 3.46. The van der Waals surface area contributed by atoms with Gasteiger partial charge >= 0.3 is 5.69 Å². The van der Waals surface area contributed by atoms with E-state index >= 15 is 0 Å². The van der Waals surface area contributed by atoms with Crippen LogP contribution in [0.4, 0.5) is 0 Å². The molecule has 1 amide bonds. The first-order chi connectivity index (χ1) is 12.1. The van der Waals surface area contributed by atoms with Crippen LogP contribution in [0.2, 0.25) is 0 Å². The zero-order chi connectivity index (χ0) is 17.6. The molecule has 2 aromatic rings. The highest BCUT2D eigenvalue weighted by Gasteiger charge is 2.29. The fourth-order valence-corrected chi connectivity index (χ4v) is 3.78. The summed E-state index contributed by atoms with van der Waals surface area (Å²) in [6.07, 6.45) is 7.42. The van der Waals surface area contributed by atoms with Gasteiger partial charge in [0.15, 0.2) is 0 Å². The predicted octanol–water partition coefficient (Wildman–Crippen LogP) is 1.82. The molecule has 2 aliphatic rings. The molecule has 2 fully saturated rings. The van der Waals surface area contributed by atoms with Gasteiger partial charge in [-0.3, -0.25) is 19.1 Å². The summed E-state index contributed by atoms with van der Waals surface area (Å²) in [7, 11) is 0. The van der Waals surface area contributed by atoms with E-state index in [0.29, 0.717) is 16.6 Å². The summed E-state index contributed by atoms with van der Waals surface area (Å²) in [6.45, 7) is 2.83. The summed E-state index contributed by atoms with van der Waals surface area (Å²) in [5, 5.41) is 0.308. The molecule has 1 saturated carbocycles. The SMILES string of the molecule is CCC1CCCCN1C(=O)c1cnc2c(c1)c(=O)[nH]c(=O)n2C1CC1. The fourth-order valence-electron chi connectivity index (χ4n) is 3.78. The molecule has 4 rings (SSSR count). The number of likely N-dealkylation sites (tertiary alicyclic amines) is 1. The number of carbonyl (C=O) groups excluding carboxylic acids is 1. The first-order valence-electron chi connectivity index (χ1n) is 9.05. The summed E-state index contributed by atoms with van der Waals surface area (Å²) in [6, 6.07) is 1.94. The molecule has 25 heavy (non-hydrogen) atoms. The average molecular weight is 342 g/mol. The largest absolute Gasteiger partial charge is 0.336 e. The van der Waals surface area contributed by atoms with Crippen LogP contribution in [-0.2, 0) is 0 Å². The van der Waals surface area contributed by atoms with Gasteiger partial charge in [0, 0.05) is 24.8 Å². The number of hydrogen-bond acceptors (Lipinski definition) is 4. The predicted molar refractivity (Wildman–Crippen MR) is 93.9 cm³/mol. The molecule has 0 radical (unpaired) electrons. The van der Waals surface area contributed by atoms with E-state index in [2.05, 4.69) is 16.9 Å². The third-order valence-corrected chi connectivity index (χ3v) is 5.30. The molecule has 0 spiro atoms. The highest BCUT2D eigenvalue weighted by Crippen LogP contribution is 2.34. The maximum absolute atomic E-state index is 12.9. The molecule has 1 atom stereocenters. The van der Waals surface area contributed by atoms with Crippen molar-refractivity contribution in [2.75, 3.05) is 6.54 Å². The molecule has 1 saturated heterocycles. The van der Waals surface area contributed by atoms with Crippen molar-refractivity contribution in [3.63, 3.8) is 0 Å². The van der Waals surface area contributed by atoms with Gasteiger partial charge in [0.05, 0.1) is 10.9 Å². The van der Waals surface area contributed by atoms with Crippen molar-refractivity contribution in [2.24, 2.45) is 0 Å². The number of pyridine rings is 1. The lowest BCUT2D eigenvalue weighted by Gasteiger charge is -2.35. The van der Waals surface area contributed by atoms with E-state index in [1.807, 2.05) is 4.90 Å². The normalized spacial score (nSPS) is 20.8. The monoisotopic (exact) mass is 342 g/mol. The molecule has 0 aromatic carbocycles. The topological polar surface area (TPSA) is 88.1 Å². The first kappa shape index (κ1) is 16.1. The van der Waals surface area contributed by atoms with Crippen molar-refractivity contribution in [1.82, 2.24) is 19.4 Å². The van der Waals surface area contributed by atoms with Crippen LogP contribution in [0.25, 0.3) is 11.0 Å². The zero-order valence-electron chi connectivity index (χ0n) is 14.3. The number of fused-ring (bicyclic) bond motifs is 1. The van der Waals surface area contributed by atoms with E-state index in [9.17, 15) is 14.4 Å². The molecule has 7 nitrogen and oxygen atoms in total. The summed E-state index contributed by atoms with van der Waals surface area (Å²) in [5.41, 5.74) is -0.115. The maximum atomic E-state index is 12.9. The summed E-state index contributed by atoms with van der Waals surface area (Å²) >= 11 is 0. The van der Waals surface area contributed by atoms with Crippen molar-refractivity contribution in [2.45, 2.75) is 57.5 Å². The lowest BCUT2D eigenvalue weighted by Crippen LogP contribution is -2.43. The minimum atomic E-state index is -0.482. The molecule has 132 valence electrons. The molecule has 0 bridgehead atoms. The number of carbonyl (C=O) groups is 1. The number of piperidine rings is 1. The second-order valence-electron chi connectivity index (χ2n) is 7.01. The number of nitrogens with zero attached hydrogens (tertiary/aromatic N) is 3. The molecule has 1 aliphatic heterocycles. The minimum absolute atomic E-state index is 0.0791. The molecule has 1 unspecified atom stereocenters. The number of H-pyrrole nitrogens is 1. The minimum Gasteiger partial charge on any atom is -0.336 e. The van der Waals surface area contributed by atoms with Crippen molar-refractivity contribution in [3.05, 3.63) is 38.7 Å². The molecular formula is C18H22N4O3. The van der Waals surface area contributed by atoms with Crippen LogP contribution in [0, 0.1) is 0 Å². The third kappa shape index (κ3) is 2.77. The van der Waals surface area contributed by atoms with Gasteiger partial charge in [-0.15, -0.1) is 0 Å². The smallest absolute Gasteiger partial charge is 0.330 e. The Morgan fingerprint density at radius 3 is 2.80 bits per heavy atom. The Bertz CT molecular complexity index is 941. The molecule has 1 N–H and O–H groups in total. The van der Waals surface area contributed by atoms with Gasteiger partial charge in [0.25, 0.3) is 11.5 Å². The van der Waals surface area contributed by atoms with Crippen LogP contribution < -0.4 is 11.2 Å². The van der Waals surface area contributed by atoms with Crippen LogP contribution in [0.1, 0.15) is 61.8 Å². The molecular weight excluding hydrogens is 320 g/mol. The Morgan fingerprint density at radius 1 is 1.28 bits per heavy atom. The summed E-state index contributed by atoms with van der Waals surface area (Å²) in [4.78, 5) is 45.8. The van der Waals surface area contributed by atoms with E-state index < -0.39 is 11.2 Å². The van der Waals surface area contributed by atoms with Gasteiger partial charge in [-0.2, -0.15) is 0 Å². The van der Waals surface area contributed by atoms with Crippen molar-refractivity contribution < 1.29 is 4.79 Å². The van der Waals surface area contributed by atoms with Crippen LogP contribution in [0.3, 0.4) is 0 Å². The lowest BCUT2D eigenvalue weighted by atomic mass is 9.99. The second-order valence-corrected chi connectivity index (χ2v) is 7.01. The van der Waals surface area contributed by atoms with E-state index in [4.69, 9.17) is 0 Å². The quantitative estimate of drug-likeness (QED) is 0.921. The Labute approximate surface area is 144 Å². The number of amides is 1. The van der Waals surface area contributed by atoms with E-state index in [0.717, 1.165) is 45.1 Å². The molecule has 3 heterocycles. The number of aromatic amines is 1. The molecule has 2 aromatic heterocycles. The number of rotatable bonds is 3. The zero-order valence-corrected chi connectivity index (χ0v) is 14.3. The van der Waals surface area contributed by atoms with Gasteiger partial charge in [-0.1, -0.05) is 6.92 Å². The van der Waals surface area contributed by atoms with Crippen molar-refractivity contribution in [1.29, 1.82) is 0 Å². The third-order valence-electron chi connectivity index (χ3n) is 5.30. The van der Waals surface area contributed by atoms with E-state index in [-0.39, 0.29) is 18.0 Å². The van der Waals surface area contributed by atoms with Crippen LogP contribution in [0.15, 0.2) is 21.9 Å². The van der Waals surface area contributed by atoms with Gasteiger partial charge in [0.1, 0.15) is 5.65 Å². The standard InChI is InChI=1S/C18H22N4O3/c1-2-12-5-3-4-8-21(12)17(24)11-9-14-15(19-10-11)22(13-6-7-13)18(25)20-16(14)23/h9-10,12-13H,2-8H2,1H3,(H,20,23,25). The van der Waals surface area contributed by atoms with Gasteiger partial charge in [-0.05, 0) is 44.6 Å².